The summed E-state index contributed by atoms with van der Waals surface area (Å²) in [7, 11) is 1.99. The second-order valence-electron chi connectivity index (χ2n) is 9.34. The first kappa shape index (κ1) is 20.0. The first-order valence-electron chi connectivity index (χ1n) is 11.2. The maximum absolute atomic E-state index is 13.9. The summed E-state index contributed by atoms with van der Waals surface area (Å²) in [6.07, 6.45) is 5.33. The van der Waals surface area contributed by atoms with Crippen LogP contribution in [0.4, 0.5) is 4.39 Å². The predicted molar refractivity (Wildman–Crippen MR) is 113 cm³/mol. The van der Waals surface area contributed by atoms with Crippen molar-refractivity contribution in [3.63, 3.8) is 0 Å². The van der Waals surface area contributed by atoms with Crippen LogP contribution in [0.5, 0.6) is 0 Å². The standard InChI is InChI=1S/C24H27FN4O2/c1-28-20-7-6-15(25)12-18(20)19-13-29(11-8-21(19)28)23(31)17-5-3-2-4-16(17)22(30)27-24(14-26)9-10-24/h6-7,12,16-17H,2-5,8-11,13H2,1H3,(H,27,30)/t16-,17?/m1/s1. The fourth-order valence-electron chi connectivity index (χ4n) is 5.43. The number of benzene rings is 1. The highest BCUT2D eigenvalue weighted by Gasteiger charge is 2.47. The van der Waals surface area contributed by atoms with Gasteiger partial charge < -0.3 is 14.8 Å². The fraction of sp³-hybridized carbons (Fsp3) is 0.542. The Hall–Kier alpha value is -2.88. The van der Waals surface area contributed by atoms with E-state index in [-0.39, 0.29) is 29.5 Å². The van der Waals surface area contributed by atoms with Crippen LogP contribution in [0, 0.1) is 29.0 Å². The smallest absolute Gasteiger partial charge is 0.226 e. The molecule has 2 amide bonds. The first-order valence-corrected chi connectivity index (χ1v) is 11.2. The lowest BCUT2D eigenvalue weighted by Gasteiger charge is -2.36. The maximum atomic E-state index is 13.9. The van der Waals surface area contributed by atoms with Gasteiger partial charge in [-0.15, -0.1) is 0 Å². The third kappa shape index (κ3) is 3.38. The lowest BCUT2D eigenvalue weighted by atomic mass is 9.77. The van der Waals surface area contributed by atoms with E-state index in [2.05, 4.69) is 16.0 Å². The molecule has 3 aliphatic rings. The van der Waals surface area contributed by atoms with Crippen LogP contribution < -0.4 is 5.32 Å². The number of halogens is 1. The van der Waals surface area contributed by atoms with Crippen LogP contribution in [-0.2, 0) is 29.6 Å². The number of nitriles is 1. The van der Waals surface area contributed by atoms with Gasteiger partial charge in [0.25, 0.3) is 0 Å². The van der Waals surface area contributed by atoms with Gasteiger partial charge in [0.1, 0.15) is 11.4 Å². The lowest BCUT2D eigenvalue weighted by Crippen LogP contribution is -2.48. The van der Waals surface area contributed by atoms with Crippen molar-refractivity contribution >= 4 is 22.7 Å². The Kier molecular flexibility index (Phi) is 4.76. The molecule has 2 aliphatic carbocycles. The largest absolute Gasteiger partial charge is 0.347 e. The normalized spacial score (nSPS) is 24.4. The highest BCUT2D eigenvalue weighted by Crippen LogP contribution is 2.38. The van der Waals surface area contributed by atoms with E-state index in [1.165, 1.54) is 6.07 Å². The minimum atomic E-state index is -0.713. The van der Waals surface area contributed by atoms with Crippen molar-refractivity contribution in [1.82, 2.24) is 14.8 Å². The van der Waals surface area contributed by atoms with Gasteiger partial charge in [-0.2, -0.15) is 5.26 Å². The molecule has 0 radical (unpaired) electrons. The molecule has 5 rings (SSSR count). The van der Waals surface area contributed by atoms with Crippen LogP contribution in [0.15, 0.2) is 18.2 Å². The molecule has 2 fully saturated rings. The van der Waals surface area contributed by atoms with E-state index in [0.717, 1.165) is 41.4 Å². The third-order valence-electron chi connectivity index (χ3n) is 7.42. The van der Waals surface area contributed by atoms with Gasteiger partial charge in [-0.25, -0.2) is 4.39 Å². The zero-order chi connectivity index (χ0) is 21.8. The number of rotatable bonds is 3. The molecule has 7 heteroatoms. The molecular formula is C24H27FN4O2. The van der Waals surface area contributed by atoms with Crippen molar-refractivity contribution in [2.24, 2.45) is 18.9 Å². The predicted octanol–water partition coefficient (Wildman–Crippen LogP) is 3.18. The molecule has 1 aromatic heterocycles. The summed E-state index contributed by atoms with van der Waals surface area (Å²) in [4.78, 5) is 28.3. The number of fused-ring (bicyclic) bond motifs is 3. The maximum Gasteiger partial charge on any atom is 0.226 e. The van der Waals surface area contributed by atoms with E-state index in [1.807, 2.05) is 11.9 Å². The summed E-state index contributed by atoms with van der Waals surface area (Å²) in [6, 6.07) is 7.02. The summed E-state index contributed by atoms with van der Waals surface area (Å²) in [5.74, 6) is -1.14. The van der Waals surface area contributed by atoms with Crippen LogP contribution in [0.1, 0.15) is 49.8 Å². The van der Waals surface area contributed by atoms with Crippen LogP contribution >= 0.6 is 0 Å². The molecule has 2 heterocycles. The van der Waals surface area contributed by atoms with E-state index in [1.54, 1.807) is 12.1 Å². The van der Waals surface area contributed by atoms with E-state index in [0.29, 0.717) is 38.8 Å². The van der Waals surface area contributed by atoms with Crippen LogP contribution in [0.3, 0.4) is 0 Å². The number of aryl methyl sites for hydroxylation is 1. The molecule has 2 atom stereocenters. The molecular weight excluding hydrogens is 395 g/mol. The summed E-state index contributed by atoms with van der Waals surface area (Å²) >= 11 is 0. The Balaban J connectivity index is 1.38. The number of hydrogen-bond donors (Lipinski definition) is 1. The number of carbonyl (C=O) groups is 2. The number of amides is 2. The van der Waals surface area contributed by atoms with Gasteiger partial charge in [0.05, 0.1) is 6.07 Å². The number of aromatic nitrogens is 1. The Bertz CT molecular complexity index is 1110. The minimum absolute atomic E-state index is 0.0145. The zero-order valence-electron chi connectivity index (χ0n) is 17.8. The average molecular weight is 423 g/mol. The van der Waals surface area contributed by atoms with Crippen molar-refractivity contribution in [1.29, 1.82) is 5.26 Å². The number of carbonyl (C=O) groups excluding carboxylic acids is 2. The van der Waals surface area contributed by atoms with Crippen LogP contribution in [-0.4, -0.2) is 33.4 Å². The molecule has 1 aliphatic heterocycles. The SMILES string of the molecule is Cn1c2c(c3cc(F)ccc31)CN(C(=O)C1CCCC[C@H]1C(=O)NC1(C#N)CC1)CC2. The summed E-state index contributed by atoms with van der Waals surface area (Å²) in [5.41, 5.74) is 2.42. The molecule has 2 saturated carbocycles. The fourth-order valence-corrected chi connectivity index (χ4v) is 5.43. The topological polar surface area (TPSA) is 78.1 Å². The molecule has 0 bridgehead atoms. The average Bonchev–Trinajstić information content (AvgIpc) is 3.51. The Morgan fingerprint density at radius 3 is 2.68 bits per heavy atom. The number of hydrogen-bond acceptors (Lipinski definition) is 3. The second kappa shape index (κ2) is 7.37. The van der Waals surface area contributed by atoms with Gasteiger partial charge in [-0.3, -0.25) is 9.59 Å². The van der Waals surface area contributed by atoms with Gasteiger partial charge in [0.15, 0.2) is 0 Å². The van der Waals surface area contributed by atoms with Crippen molar-refractivity contribution in [3.8, 4) is 6.07 Å². The lowest BCUT2D eigenvalue weighted by molar-refractivity contribution is -0.144. The molecule has 0 spiro atoms. The van der Waals surface area contributed by atoms with Crippen molar-refractivity contribution in [3.05, 3.63) is 35.3 Å². The molecule has 0 saturated heterocycles. The van der Waals surface area contributed by atoms with E-state index >= 15 is 0 Å². The van der Waals surface area contributed by atoms with Gasteiger partial charge in [-0.1, -0.05) is 12.8 Å². The third-order valence-corrected chi connectivity index (χ3v) is 7.42. The molecule has 31 heavy (non-hydrogen) atoms. The van der Waals surface area contributed by atoms with Gasteiger partial charge in [0.2, 0.25) is 11.8 Å². The van der Waals surface area contributed by atoms with Crippen LogP contribution in [0.25, 0.3) is 10.9 Å². The molecule has 2 aromatic rings. The first-order chi connectivity index (χ1) is 14.9. The Labute approximate surface area is 181 Å². The number of nitrogens with zero attached hydrogens (tertiary/aromatic N) is 3. The summed E-state index contributed by atoms with van der Waals surface area (Å²) in [6.45, 7) is 1.05. The molecule has 1 unspecified atom stereocenters. The van der Waals surface area contributed by atoms with Gasteiger partial charge in [-0.05, 0) is 43.9 Å². The summed E-state index contributed by atoms with van der Waals surface area (Å²) < 4.78 is 16.0. The second-order valence-corrected chi connectivity index (χ2v) is 9.34. The van der Waals surface area contributed by atoms with Crippen LogP contribution in [0.2, 0.25) is 0 Å². The zero-order valence-corrected chi connectivity index (χ0v) is 17.8. The number of nitrogens with one attached hydrogen (secondary N) is 1. The molecule has 6 nitrogen and oxygen atoms in total. The van der Waals surface area contributed by atoms with Crippen molar-refractivity contribution in [2.45, 2.75) is 57.0 Å². The van der Waals surface area contributed by atoms with Crippen molar-refractivity contribution in [2.75, 3.05) is 6.54 Å². The Morgan fingerprint density at radius 1 is 1.23 bits per heavy atom. The Morgan fingerprint density at radius 2 is 1.97 bits per heavy atom. The van der Waals surface area contributed by atoms with E-state index in [9.17, 15) is 19.2 Å². The van der Waals surface area contributed by atoms with Gasteiger partial charge in [0, 0.05) is 60.6 Å². The molecule has 1 aromatic carbocycles. The monoisotopic (exact) mass is 422 g/mol. The quantitative estimate of drug-likeness (QED) is 0.825. The molecule has 1 N–H and O–H groups in total. The molecule has 162 valence electrons. The highest BCUT2D eigenvalue weighted by atomic mass is 19.1. The van der Waals surface area contributed by atoms with Crippen molar-refractivity contribution < 1.29 is 14.0 Å². The van der Waals surface area contributed by atoms with E-state index in [4.69, 9.17) is 0 Å². The highest BCUT2D eigenvalue weighted by molar-refractivity contribution is 5.90. The summed E-state index contributed by atoms with van der Waals surface area (Å²) in [5, 5.41) is 13.1. The van der Waals surface area contributed by atoms with E-state index < -0.39 is 5.54 Å². The minimum Gasteiger partial charge on any atom is -0.347 e. The van der Waals surface area contributed by atoms with Gasteiger partial charge >= 0.3 is 0 Å².